The minimum Gasteiger partial charge on any atom is -0.490 e. The number of benzene rings is 1. The first-order valence-electron chi connectivity index (χ1n) is 11.6. The topological polar surface area (TPSA) is 94.8 Å². The Morgan fingerprint density at radius 3 is 2.52 bits per heavy atom. The summed E-state index contributed by atoms with van der Waals surface area (Å²) in [6, 6.07) is 7.15. The molecule has 0 spiro atoms. The first kappa shape index (κ1) is 24.4. The van der Waals surface area contributed by atoms with E-state index < -0.39 is 0 Å². The Labute approximate surface area is 193 Å². The van der Waals surface area contributed by atoms with Gasteiger partial charge in [-0.2, -0.15) is 0 Å². The molecule has 1 aliphatic rings. The Bertz CT molecular complexity index is 1090. The lowest BCUT2D eigenvalue weighted by Crippen LogP contribution is -2.47. The van der Waals surface area contributed by atoms with Crippen molar-refractivity contribution in [1.82, 2.24) is 14.5 Å². The molecule has 33 heavy (non-hydrogen) atoms. The van der Waals surface area contributed by atoms with E-state index in [4.69, 9.17) is 9.47 Å². The first-order chi connectivity index (χ1) is 15.9. The van der Waals surface area contributed by atoms with E-state index in [-0.39, 0.29) is 23.1 Å². The Morgan fingerprint density at radius 1 is 1.09 bits per heavy atom. The fraction of sp³-hybridized carbons (Fsp3) is 0.542. The summed E-state index contributed by atoms with van der Waals surface area (Å²) >= 11 is 0. The fourth-order valence-corrected chi connectivity index (χ4v) is 4.16. The second-order valence-corrected chi connectivity index (χ2v) is 8.08. The molecule has 0 aliphatic carbocycles. The van der Waals surface area contributed by atoms with Gasteiger partial charge in [0.1, 0.15) is 5.82 Å². The van der Waals surface area contributed by atoms with E-state index >= 15 is 0 Å². The highest BCUT2D eigenvalue weighted by Gasteiger charge is 2.27. The van der Waals surface area contributed by atoms with Gasteiger partial charge < -0.3 is 19.7 Å². The number of aromatic nitrogens is 2. The molecule has 0 bridgehead atoms. The van der Waals surface area contributed by atoms with Crippen molar-refractivity contribution < 1.29 is 14.3 Å². The lowest BCUT2D eigenvalue weighted by molar-refractivity contribution is -0.125. The molecular weight excluding hydrogens is 424 g/mol. The summed E-state index contributed by atoms with van der Waals surface area (Å²) in [5.74, 6) is 1.67. The molecule has 1 saturated heterocycles. The van der Waals surface area contributed by atoms with E-state index in [0.29, 0.717) is 56.7 Å². The molecule has 1 aromatic carbocycles. The summed E-state index contributed by atoms with van der Waals surface area (Å²) in [6.07, 6.45) is 1.57. The van der Waals surface area contributed by atoms with Gasteiger partial charge in [0.2, 0.25) is 5.91 Å². The average molecular weight is 459 g/mol. The average Bonchev–Trinajstić information content (AvgIpc) is 2.82. The van der Waals surface area contributed by atoms with E-state index in [1.54, 1.807) is 4.57 Å². The maximum Gasteiger partial charge on any atom is 0.332 e. The Balaban J connectivity index is 1.69. The van der Waals surface area contributed by atoms with Crippen LogP contribution in [0.5, 0.6) is 11.5 Å². The van der Waals surface area contributed by atoms with E-state index in [9.17, 15) is 14.4 Å². The molecule has 180 valence electrons. The third-order valence-electron chi connectivity index (χ3n) is 5.88. The zero-order valence-corrected chi connectivity index (χ0v) is 19.9. The van der Waals surface area contributed by atoms with E-state index in [0.717, 1.165) is 23.0 Å². The Hall–Kier alpha value is -3.23. The molecule has 3 rings (SSSR count). The number of carbonyl (C=O) groups is 1. The molecule has 2 heterocycles. The van der Waals surface area contributed by atoms with Crippen molar-refractivity contribution in [3.63, 3.8) is 0 Å². The molecule has 2 aromatic rings. The van der Waals surface area contributed by atoms with Gasteiger partial charge in [0.25, 0.3) is 5.56 Å². The van der Waals surface area contributed by atoms with Gasteiger partial charge in [-0.3, -0.25) is 18.7 Å². The molecule has 1 aromatic heterocycles. The van der Waals surface area contributed by atoms with Crippen LogP contribution in [0.2, 0.25) is 0 Å². The van der Waals surface area contributed by atoms with Gasteiger partial charge >= 0.3 is 5.69 Å². The molecule has 1 fully saturated rings. The number of amides is 1. The summed E-state index contributed by atoms with van der Waals surface area (Å²) < 4.78 is 13.9. The van der Waals surface area contributed by atoms with Crippen LogP contribution in [-0.4, -0.2) is 41.3 Å². The van der Waals surface area contributed by atoms with E-state index in [2.05, 4.69) is 5.32 Å². The summed E-state index contributed by atoms with van der Waals surface area (Å²) in [5, 5.41) is 3.03. The second kappa shape index (κ2) is 11.1. The van der Waals surface area contributed by atoms with Gasteiger partial charge in [0.15, 0.2) is 11.5 Å². The molecule has 0 radical (unpaired) electrons. The number of nitrogens with one attached hydrogen (secondary N) is 1. The van der Waals surface area contributed by atoms with Crippen LogP contribution in [0, 0.1) is 5.92 Å². The number of ether oxygens (including phenoxy) is 2. The lowest BCUT2D eigenvalue weighted by atomic mass is 9.97. The fourth-order valence-electron chi connectivity index (χ4n) is 4.16. The highest BCUT2D eigenvalue weighted by molar-refractivity contribution is 5.79. The molecule has 1 amide bonds. The van der Waals surface area contributed by atoms with Crippen LogP contribution in [0.1, 0.15) is 39.2 Å². The van der Waals surface area contributed by atoms with Crippen LogP contribution in [0.4, 0.5) is 5.82 Å². The highest BCUT2D eigenvalue weighted by Crippen LogP contribution is 2.28. The van der Waals surface area contributed by atoms with Crippen LogP contribution >= 0.6 is 0 Å². The van der Waals surface area contributed by atoms with Gasteiger partial charge in [-0.1, -0.05) is 6.07 Å². The molecule has 9 nitrogen and oxygen atoms in total. The van der Waals surface area contributed by atoms with Crippen molar-refractivity contribution >= 4 is 11.7 Å². The van der Waals surface area contributed by atoms with Crippen molar-refractivity contribution in [2.75, 3.05) is 31.2 Å². The monoisotopic (exact) mass is 458 g/mol. The SMILES string of the molecule is CCOc1ccc(CNC(=O)C2CCCN(c3cc(=O)n(C)c(=O)n3CC)C2)cc1OCC. The maximum absolute atomic E-state index is 12.9. The molecule has 1 atom stereocenters. The number of rotatable bonds is 9. The smallest absolute Gasteiger partial charge is 0.332 e. The zero-order chi connectivity index (χ0) is 24.0. The lowest BCUT2D eigenvalue weighted by Gasteiger charge is -2.34. The maximum atomic E-state index is 12.9. The predicted molar refractivity (Wildman–Crippen MR) is 127 cm³/mol. The number of hydrogen-bond donors (Lipinski definition) is 1. The first-order valence-corrected chi connectivity index (χ1v) is 11.6. The summed E-state index contributed by atoms with van der Waals surface area (Å²) in [4.78, 5) is 39.6. The molecule has 0 saturated carbocycles. The minimum absolute atomic E-state index is 0.0410. The number of carbonyl (C=O) groups excluding carboxylic acids is 1. The summed E-state index contributed by atoms with van der Waals surface area (Å²) in [6.45, 7) is 8.79. The summed E-state index contributed by atoms with van der Waals surface area (Å²) in [7, 11) is 1.48. The van der Waals surface area contributed by atoms with Crippen LogP contribution in [0.25, 0.3) is 0 Å². The third kappa shape index (κ3) is 5.58. The largest absolute Gasteiger partial charge is 0.490 e. The van der Waals surface area contributed by atoms with Gasteiger partial charge in [-0.25, -0.2) is 4.79 Å². The van der Waals surface area contributed by atoms with E-state index in [1.165, 1.54) is 13.1 Å². The number of anilines is 1. The van der Waals surface area contributed by atoms with Gasteiger partial charge in [0.05, 0.1) is 19.1 Å². The zero-order valence-electron chi connectivity index (χ0n) is 19.9. The normalized spacial score (nSPS) is 15.9. The van der Waals surface area contributed by atoms with Gasteiger partial charge in [-0.05, 0) is 51.3 Å². The minimum atomic E-state index is -0.341. The molecule has 1 unspecified atom stereocenters. The Morgan fingerprint density at radius 2 is 1.82 bits per heavy atom. The van der Waals surface area contributed by atoms with Crippen LogP contribution in [-0.2, 0) is 24.9 Å². The quantitative estimate of drug-likeness (QED) is 0.617. The van der Waals surface area contributed by atoms with Crippen LogP contribution in [0.3, 0.4) is 0 Å². The Kier molecular flexibility index (Phi) is 8.19. The van der Waals surface area contributed by atoms with Gasteiger partial charge in [-0.15, -0.1) is 0 Å². The molecular formula is C24H34N4O5. The highest BCUT2D eigenvalue weighted by atomic mass is 16.5. The standard InChI is InChI=1S/C24H34N4O5/c1-5-28-21(14-22(29)26(4)24(28)31)27-12-8-9-18(16-27)23(30)25-15-17-10-11-19(32-6-2)20(13-17)33-7-3/h10-11,13-14,18H,5-9,12,15-16H2,1-4H3,(H,25,30). The third-order valence-corrected chi connectivity index (χ3v) is 5.88. The van der Waals surface area contributed by atoms with Crippen molar-refractivity contribution in [2.24, 2.45) is 13.0 Å². The molecule has 1 aliphatic heterocycles. The van der Waals surface area contributed by atoms with Crippen molar-refractivity contribution in [1.29, 1.82) is 0 Å². The summed E-state index contributed by atoms with van der Waals surface area (Å²) in [5.41, 5.74) is 0.244. The molecule has 9 heteroatoms. The van der Waals surface area contributed by atoms with Crippen molar-refractivity contribution in [3.8, 4) is 11.5 Å². The van der Waals surface area contributed by atoms with E-state index in [1.807, 2.05) is 43.9 Å². The van der Waals surface area contributed by atoms with Crippen molar-refractivity contribution in [2.45, 2.75) is 46.7 Å². The second-order valence-electron chi connectivity index (χ2n) is 8.08. The van der Waals surface area contributed by atoms with Crippen LogP contribution in [0.15, 0.2) is 33.9 Å². The number of nitrogens with zero attached hydrogens (tertiary/aromatic N) is 3. The number of hydrogen-bond acceptors (Lipinski definition) is 6. The number of piperidine rings is 1. The van der Waals surface area contributed by atoms with Crippen molar-refractivity contribution in [3.05, 3.63) is 50.7 Å². The van der Waals surface area contributed by atoms with Crippen LogP contribution < -0.4 is 30.9 Å². The predicted octanol–water partition coefficient (Wildman–Crippen LogP) is 1.90. The molecule has 1 N–H and O–H groups in total. The van der Waals surface area contributed by atoms with Gasteiger partial charge in [0, 0.05) is 39.3 Å².